The molecule has 2 aliphatic carbocycles. The van der Waals surface area contributed by atoms with Gasteiger partial charge in [-0.1, -0.05) is 18.1 Å². The number of hydrazone groups is 1. The number of rotatable bonds is 6. The summed E-state index contributed by atoms with van der Waals surface area (Å²) in [7, 11) is 0. The van der Waals surface area contributed by atoms with Gasteiger partial charge in [-0.3, -0.25) is 9.59 Å². The highest BCUT2D eigenvalue weighted by molar-refractivity contribution is 14.1. The molecular weight excluding hydrogens is 471 g/mol. The van der Waals surface area contributed by atoms with Crippen LogP contribution in [0, 0.1) is 39.6 Å². The molecule has 0 spiro atoms. The van der Waals surface area contributed by atoms with Crippen LogP contribution in [-0.4, -0.2) is 36.3 Å². The molecule has 4 atom stereocenters. The van der Waals surface area contributed by atoms with Crippen LogP contribution in [0.5, 0.6) is 11.5 Å². The van der Waals surface area contributed by atoms with E-state index in [1.807, 2.05) is 13.0 Å². The molecule has 4 unspecified atom stereocenters. The van der Waals surface area contributed by atoms with Crippen molar-refractivity contribution < 1.29 is 19.1 Å². The molecule has 1 aromatic rings. The van der Waals surface area contributed by atoms with E-state index in [0.717, 1.165) is 15.0 Å². The minimum Gasteiger partial charge on any atom is -0.490 e. The van der Waals surface area contributed by atoms with Crippen molar-refractivity contribution >= 4 is 40.6 Å². The number of halogens is 1. The predicted octanol–water partition coefficient (Wildman–Crippen LogP) is 2.84. The first-order chi connectivity index (χ1) is 13.5. The van der Waals surface area contributed by atoms with E-state index in [9.17, 15) is 9.59 Å². The number of hydrogen-bond acceptors (Lipinski definition) is 5. The first-order valence-electron chi connectivity index (χ1n) is 9.17. The van der Waals surface area contributed by atoms with Crippen molar-refractivity contribution in [3.8, 4) is 23.8 Å². The van der Waals surface area contributed by atoms with Crippen LogP contribution in [-0.2, 0) is 9.59 Å². The highest BCUT2D eigenvalue weighted by Gasteiger charge is 2.59. The summed E-state index contributed by atoms with van der Waals surface area (Å²) in [5.41, 5.74) is 0.708. The SMILES string of the molecule is C#CCOc1c(I)cc(C=NN2C(=O)C3C4C=CC(C4)C3C2=O)cc1OCC. The maximum Gasteiger partial charge on any atom is 0.254 e. The molecular formula is C21H19IN2O4. The van der Waals surface area contributed by atoms with Crippen molar-refractivity contribution in [2.75, 3.05) is 13.2 Å². The van der Waals surface area contributed by atoms with Gasteiger partial charge in [0.15, 0.2) is 11.5 Å². The molecule has 4 rings (SSSR count). The lowest BCUT2D eigenvalue weighted by Crippen LogP contribution is -2.28. The number of carbonyl (C=O) groups is 2. The van der Waals surface area contributed by atoms with E-state index in [0.29, 0.717) is 23.7 Å². The van der Waals surface area contributed by atoms with Gasteiger partial charge in [0.25, 0.3) is 11.8 Å². The predicted molar refractivity (Wildman–Crippen MR) is 112 cm³/mol. The molecule has 1 saturated heterocycles. The Morgan fingerprint density at radius 2 is 1.93 bits per heavy atom. The summed E-state index contributed by atoms with van der Waals surface area (Å²) in [5, 5.41) is 5.26. The molecule has 2 fully saturated rings. The van der Waals surface area contributed by atoms with E-state index in [1.54, 1.807) is 6.07 Å². The minimum atomic E-state index is -0.252. The summed E-state index contributed by atoms with van der Waals surface area (Å²) < 4.78 is 12.0. The molecule has 28 heavy (non-hydrogen) atoms. The second-order valence-corrected chi connectivity index (χ2v) is 8.15. The number of allylic oxidation sites excluding steroid dienone is 2. The van der Waals surface area contributed by atoms with Crippen LogP contribution in [0.4, 0.5) is 0 Å². The molecule has 0 aromatic heterocycles. The van der Waals surface area contributed by atoms with Crippen LogP contribution in [0.2, 0.25) is 0 Å². The highest BCUT2D eigenvalue weighted by atomic mass is 127. The van der Waals surface area contributed by atoms with Crippen molar-refractivity contribution in [1.29, 1.82) is 0 Å². The minimum absolute atomic E-state index is 0.138. The van der Waals surface area contributed by atoms with E-state index < -0.39 is 0 Å². The zero-order valence-corrected chi connectivity index (χ0v) is 17.5. The van der Waals surface area contributed by atoms with Gasteiger partial charge >= 0.3 is 0 Å². The fourth-order valence-electron chi connectivity index (χ4n) is 4.30. The van der Waals surface area contributed by atoms with Crippen molar-refractivity contribution in [2.45, 2.75) is 13.3 Å². The molecule has 0 radical (unpaired) electrons. The zero-order valence-electron chi connectivity index (χ0n) is 15.3. The highest BCUT2D eigenvalue weighted by Crippen LogP contribution is 2.52. The summed E-state index contributed by atoms with van der Waals surface area (Å²) in [6.07, 6.45) is 11.8. The fourth-order valence-corrected chi connectivity index (χ4v) is 5.09. The number of benzene rings is 1. The summed E-state index contributed by atoms with van der Waals surface area (Å²) in [6.45, 7) is 2.48. The fraction of sp³-hybridized carbons (Fsp3) is 0.381. The summed E-state index contributed by atoms with van der Waals surface area (Å²) in [6, 6.07) is 3.60. The Labute approximate surface area is 177 Å². The molecule has 6 nitrogen and oxygen atoms in total. The topological polar surface area (TPSA) is 68.2 Å². The van der Waals surface area contributed by atoms with Crippen molar-refractivity contribution in [3.63, 3.8) is 0 Å². The average molecular weight is 490 g/mol. The second kappa shape index (κ2) is 7.59. The van der Waals surface area contributed by atoms with E-state index in [4.69, 9.17) is 15.9 Å². The summed E-state index contributed by atoms with van der Waals surface area (Å²) in [5.74, 6) is 3.00. The van der Waals surface area contributed by atoms with Crippen LogP contribution >= 0.6 is 22.6 Å². The number of fused-ring (bicyclic) bond motifs is 5. The lowest BCUT2D eigenvalue weighted by atomic mass is 9.85. The quantitative estimate of drug-likeness (QED) is 0.202. The normalized spacial score (nSPS) is 27.5. The van der Waals surface area contributed by atoms with Crippen LogP contribution in [0.1, 0.15) is 18.9 Å². The van der Waals surface area contributed by atoms with Gasteiger partial charge in [0.2, 0.25) is 0 Å². The van der Waals surface area contributed by atoms with Gasteiger partial charge in [-0.25, -0.2) is 0 Å². The first-order valence-corrected chi connectivity index (χ1v) is 10.3. The van der Waals surface area contributed by atoms with Gasteiger partial charge in [0, 0.05) is 0 Å². The molecule has 7 heteroatoms. The third kappa shape index (κ3) is 3.09. The number of ether oxygens (including phenoxy) is 2. The molecule has 3 aliphatic rings. The van der Waals surface area contributed by atoms with Gasteiger partial charge < -0.3 is 9.47 Å². The van der Waals surface area contributed by atoms with Crippen LogP contribution in [0.15, 0.2) is 29.4 Å². The van der Waals surface area contributed by atoms with E-state index in [-0.39, 0.29) is 42.1 Å². The molecule has 2 bridgehead atoms. The monoisotopic (exact) mass is 490 g/mol. The third-order valence-electron chi connectivity index (χ3n) is 5.40. The van der Waals surface area contributed by atoms with Crippen molar-refractivity contribution in [1.82, 2.24) is 5.01 Å². The number of hydrogen-bond donors (Lipinski definition) is 0. The number of amides is 2. The molecule has 1 aromatic carbocycles. The Hall–Kier alpha value is -2.34. The van der Waals surface area contributed by atoms with Crippen molar-refractivity contribution in [2.24, 2.45) is 28.8 Å². The van der Waals surface area contributed by atoms with Gasteiger partial charge in [-0.2, -0.15) is 10.1 Å². The summed E-state index contributed by atoms with van der Waals surface area (Å²) in [4.78, 5) is 25.4. The summed E-state index contributed by atoms with van der Waals surface area (Å²) >= 11 is 2.13. The van der Waals surface area contributed by atoms with Gasteiger partial charge in [-0.05, 0) is 65.5 Å². The van der Waals surface area contributed by atoms with Crippen molar-refractivity contribution in [3.05, 3.63) is 33.4 Å². The van der Waals surface area contributed by atoms with Crippen LogP contribution in [0.25, 0.3) is 0 Å². The number of nitrogens with zero attached hydrogens (tertiary/aromatic N) is 2. The smallest absolute Gasteiger partial charge is 0.254 e. The lowest BCUT2D eigenvalue weighted by molar-refractivity contribution is -0.140. The molecule has 1 heterocycles. The number of imide groups is 1. The van der Waals surface area contributed by atoms with Crippen LogP contribution < -0.4 is 9.47 Å². The maximum absolute atomic E-state index is 12.7. The van der Waals surface area contributed by atoms with E-state index in [2.05, 4.69) is 45.8 Å². The average Bonchev–Trinajstić information content (AvgIpc) is 3.34. The van der Waals surface area contributed by atoms with E-state index >= 15 is 0 Å². The Kier molecular flexibility index (Phi) is 5.15. The van der Waals surface area contributed by atoms with Crippen LogP contribution in [0.3, 0.4) is 0 Å². The molecule has 144 valence electrons. The van der Waals surface area contributed by atoms with Gasteiger partial charge in [0.05, 0.1) is 28.2 Å². The molecule has 1 aliphatic heterocycles. The van der Waals surface area contributed by atoms with Gasteiger partial charge in [0.1, 0.15) is 6.61 Å². The first kappa shape index (κ1) is 19.0. The molecule has 0 N–H and O–H groups in total. The molecule has 1 saturated carbocycles. The molecule has 2 amide bonds. The lowest BCUT2D eigenvalue weighted by Gasteiger charge is -2.14. The van der Waals surface area contributed by atoms with Gasteiger partial charge in [-0.15, -0.1) is 6.42 Å². The largest absolute Gasteiger partial charge is 0.490 e. The number of carbonyl (C=O) groups excluding carboxylic acids is 2. The Morgan fingerprint density at radius 3 is 2.54 bits per heavy atom. The Balaban J connectivity index is 1.57. The van der Waals surface area contributed by atoms with E-state index in [1.165, 1.54) is 6.21 Å². The Morgan fingerprint density at radius 1 is 1.25 bits per heavy atom. The Bertz CT molecular complexity index is 903. The second-order valence-electron chi connectivity index (χ2n) is 6.99. The maximum atomic E-state index is 12.7. The number of terminal acetylenes is 1. The zero-order chi connectivity index (χ0) is 19.8. The third-order valence-corrected chi connectivity index (χ3v) is 6.20. The standard InChI is InChI=1S/C21H19IN2O4/c1-3-7-28-19-15(22)8-12(9-16(19)27-4-2)11-23-24-20(25)17-13-5-6-14(10-13)18(17)21(24)26/h1,5-6,8-9,11,13-14,17-18H,4,7,10H2,2H3.